The summed E-state index contributed by atoms with van der Waals surface area (Å²) in [5.74, 6) is 0. The highest BCUT2D eigenvalue weighted by Gasteiger charge is 2.27. The van der Waals surface area contributed by atoms with Gasteiger partial charge in [-0.15, -0.1) is 0 Å². The van der Waals surface area contributed by atoms with E-state index in [1.54, 1.807) is 0 Å². The van der Waals surface area contributed by atoms with Crippen LogP contribution < -0.4 is 0 Å². The smallest absolute Gasteiger partial charge is 0.106 e. The van der Waals surface area contributed by atoms with Crippen LogP contribution in [0.5, 0.6) is 0 Å². The third-order valence-electron chi connectivity index (χ3n) is 3.11. The Hall–Kier alpha value is -0.860. The number of ether oxygens (including phenoxy) is 2. The highest BCUT2D eigenvalue weighted by atomic mass is 16.6. The zero-order valence-corrected chi connectivity index (χ0v) is 8.82. The Kier molecular flexibility index (Phi) is 2.47. The van der Waals surface area contributed by atoms with Crippen LogP contribution in [0.1, 0.15) is 30.1 Å². The summed E-state index contributed by atoms with van der Waals surface area (Å²) in [5.41, 5.74) is 2.86. The van der Waals surface area contributed by atoms with Gasteiger partial charge in [0.15, 0.2) is 0 Å². The van der Waals surface area contributed by atoms with Crippen LogP contribution in [0.3, 0.4) is 0 Å². The van der Waals surface area contributed by atoms with E-state index in [0.717, 1.165) is 19.6 Å². The minimum absolute atomic E-state index is 0.387. The molecule has 0 amide bonds. The molecule has 2 heteroatoms. The molecule has 80 valence electrons. The molecule has 3 rings (SSSR count). The second-order valence-corrected chi connectivity index (χ2v) is 4.37. The highest BCUT2D eigenvalue weighted by Crippen LogP contribution is 2.32. The van der Waals surface area contributed by atoms with Crippen molar-refractivity contribution in [3.63, 3.8) is 0 Å². The molecule has 0 N–H and O–H groups in total. The number of rotatable bonds is 5. The van der Waals surface area contributed by atoms with E-state index in [2.05, 4.69) is 24.3 Å². The lowest BCUT2D eigenvalue weighted by atomic mass is 9.99. The maximum Gasteiger partial charge on any atom is 0.106 e. The highest BCUT2D eigenvalue weighted by molar-refractivity contribution is 5.31. The van der Waals surface area contributed by atoms with Gasteiger partial charge in [0.2, 0.25) is 0 Å². The molecule has 2 fully saturated rings. The first-order valence-electron chi connectivity index (χ1n) is 5.74. The van der Waals surface area contributed by atoms with E-state index in [0.29, 0.717) is 12.2 Å². The molecule has 0 radical (unpaired) electrons. The van der Waals surface area contributed by atoms with E-state index in [1.807, 2.05) is 0 Å². The normalized spacial score (nSPS) is 27.7. The van der Waals surface area contributed by atoms with Crippen molar-refractivity contribution in [1.82, 2.24) is 0 Å². The standard InChI is InChI=1S/C13H16O2/c1-2-7-12(13-9-15-13)10(4-1)5-3-6-11-8-14-11/h1-2,4,7,11,13H,3,5-6,8-9H2. The van der Waals surface area contributed by atoms with Crippen molar-refractivity contribution in [3.8, 4) is 0 Å². The van der Waals surface area contributed by atoms with Crippen molar-refractivity contribution in [3.05, 3.63) is 35.4 Å². The Labute approximate surface area is 90.2 Å². The molecular weight excluding hydrogens is 188 g/mol. The number of epoxide rings is 2. The van der Waals surface area contributed by atoms with Crippen LogP contribution in [0.25, 0.3) is 0 Å². The predicted octanol–water partition coefficient (Wildman–Crippen LogP) is 2.48. The average Bonchev–Trinajstić information content (AvgIpc) is 3.14. The van der Waals surface area contributed by atoms with Gasteiger partial charge in [-0.05, 0) is 30.4 Å². The van der Waals surface area contributed by atoms with E-state index in [4.69, 9.17) is 9.47 Å². The summed E-state index contributed by atoms with van der Waals surface area (Å²) >= 11 is 0. The summed E-state index contributed by atoms with van der Waals surface area (Å²) in [4.78, 5) is 0. The molecule has 0 saturated carbocycles. The molecule has 15 heavy (non-hydrogen) atoms. The topological polar surface area (TPSA) is 25.1 Å². The van der Waals surface area contributed by atoms with Crippen LogP contribution in [0, 0.1) is 0 Å². The van der Waals surface area contributed by atoms with Crippen molar-refractivity contribution in [2.24, 2.45) is 0 Å². The Morgan fingerprint density at radius 2 is 1.93 bits per heavy atom. The molecule has 2 atom stereocenters. The van der Waals surface area contributed by atoms with E-state index in [9.17, 15) is 0 Å². The average molecular weight is 204 g/mol. The van der Waals surface area contributed by atoms with Gasteiger partial charge in [-0.3, -0.25) is 0 Å². The van der Waals surface area contributed by atoms with Crippen molar-refractivity contribution < 1.29 is 9.47 Å². The quantitative estimate of drug-likeness (QED) is 0.688. The van der Waals surface area contributed by atoms with Gasteiger partial charge in [-0.1, -0.05) is 24.3 Å². The minimum atomic E-state index is 0.387. The van der Waals surface area contributed by atoms with Crippen molar-refractivity contribution in [2.75, 3.05) is 13.2 Å². The molecule has 2 nitrogen and oxygen atoms in total. The number of benzene rings is 1. The number of hydrogen-bond donors (Lipinski definition) is 0. The van der Waals surface area contributed by atoms with Gasteiger partial charge >= 0.3 is 0 Å². The summed E-state index contributed by atoms with van der Waals surface area (Å²) in [6, 6.07) is 8.64. The third-order valence-corrected chi connectivity index (χ3v) is 3.11. The van der Waals surface area contributed by atoms with E-state index in [-0.39, 0.29) is 0 Å². The first-order chi connectivity index (χ1) is 7.43. The molecule has 0 bridgehead atoms. The van der Waals surface area contributed by atoms with Gasteiger partial charge in [0, 0.05) is 0 Å². The monoisotopic (exact) mass is 204 g/mol. The second-order valence-electron chi connectivity index (χ2n) is 4.37. The fourth-order valence-corrected chi connectivity index (χ4v) is 2.06. The lowest BCUT2D eigenvalue weighted by molar-refractivity contribution is 0.391. The maximum atomic E-state index is 5.35. The Balaban J connectivity index is 1.61. The molecule has 2 unspecified atom stereocenters. The van der Waals surface area contributed by atoms with Gasteiger partial charge in [-0.2, -0.15) is 0 Å². The van der Waals surface area contributed by atoms with Crippen LogP contribution in [-0.4, -0.2) is 19.3 Å². The molecule has 0 aliphatic carbocycles. The summed E-state index contributed by atoms with van der Waals surface area (Å²) in [6.07, 6.45) is 4.55. The SMILES string of the molecule is c1ccc(C2CO2)c(CCCC2CO2)c1. The lowest BCUT2D eigenvalue weighted by Gasteiger charge is -2.06. The van der Waals surface area contributed by atoms with Crippen LogP contribution >= 0.6 is 0 Å². The van der Waals surface area contributed by atoms with E-state index in [1.165, 1.54) is 24.0 Å². The molecular formula is C13H16O2. The number of aryl methyl sites for hydroxylation is 1. The van der Waals surface area contributed by atoms with Gasteiger partial charge in [0.05, 0.1) is 19.3 Å². The molecule has 2 aliphatic rings. The molecule has 0 spiro atoms. The van der Waals surface area contributed by atoms with Gasteiger partial charge < -0.3 is 9.47 Å². The first-order valence-corrected chi connectivity index (χ1v) is 5.74. The largest absolute Gasteiger partial charge is 0.373 e. The fraction of sp³-hybridized carbons (Fsp3) is 0.538. The number of hydrogen-bond acceptors (Lipinski definition) is 2. The zero-order chi connectivity index (χ0) is 10.1. The maximum absolute atomic E-state index is 5.35. The van der Waals surface area contributed by atoms with E-state index < -0.39 is 0 Å². The predicted molar refractivity (Wildman–Crippen MR) is 57.8 cm³/mol. The third kappa shape index (κ3) is 2.39. The Morgan fingerprint density at radius 3 is 2.67 bits per heavy atom. The fourth-order valence-electron chi connectivity index (χ4n) is 2.06. The molecule has 2 saturated heterocycles. The minimum Gasteiger partial charge on any atom is -0.373 e. The second kappa shape index (κ2) is 3.95. The van der Waals surface area contributed by atoms with Crippen LogP contribution in [-0.2, 0) is 15.9 Å². The lowest BCUT2D eigenvalue weighted by Crippen LogP contribution is -1.95. The Bertz CT molecular complexity index is 340. The van der Waals surface area contributed by atoms with Crippen molar-refractivity contribution in [2.45, 2.75) is 31.5 Å². The molecule has 2 aliphatic heterocycles. The van der Waals surface area contributed by atoms with Crippen LogP contribution in [0.15, 0.2) is 24.3 Å². The molecule has 0 aromatic heterocycles. The van der Waals surface area contributed by atoms with Gasteiger partial charge in [0.25, 0.3) is 0 Å². The summed E-state index contributed by atoms with van der Waals surface area (Å²) < 4.78 is 10.6. The van der Waals surface area contributed by atoms with Crippen molar-refractivity contribution in [1.29, 1.82) is 0 Å². The van der Waals surface area contributed by atoms with Crippen LogP contribution in [0.4, 0.5) is 0 Å². The summed E-state index contributed by atoms with van der Waals surface area (Å²) in [6.45, 7) is 1.89. The summed E-state index contributed by atoms with van der Waals surface area (Å²) in [5, 5.41) is 0. The molecule has 1 aromatic carbocycles. The van der Waals surface area contributed by atoms with E-state index >= 15 is 0 Å². The van der Waals surface area contributed by atoms with Crippen molar-refractivity contribution >= 4 is 0 Å². The Morgan fingerprint density at radius 1 is 1.13 bits per heavy atom. The van der Waals surface area contributed by atoms with Crippen LogP contribution in [0.2, 0.25) is 0 Å². The summed E-state index contributed by atoms with van der Waals surface area (Å²) in [7, 11) is 0. The van der Waals surface area contributed by atoms with Gasteiger partial charge in [0.1, 0.15) is 6.10 Å². The zero-order valence-electron chi connectivity index (χ0n) is 8.82. The molecule has 1 aromatic rings. The van der Waals surface area contributed by atoms with Gasteiger partial charge in [-0.25, -0.2) is 0 Å². The molecule has 2 heterocycles. The first kappa shape index (κ1) is 9.37.